The summed E-state index contributed by atoms with van der Waals surface area (Å²) in [7, 11) is 0. The maximum Gasteiger partial charge on any atom is 0.0652 e. The highest BCUT2D eigenvalue weighted by atomic mass is 32.2. The molecular formula is C56H89NO2S. The molecule has 60 heavy (non-hydrogen) atoms. The van der Waals surface area contributed by atoms with Crippen molar-refractivity contribution in [3.05, 3.63) is 0 Å². The van der Waals surface area contributed by atoms with Gasteiger partial charge < -0.3 is 9.47 Å². The lowest BCUT2D eigenvalue weighted by atomic mass is 9.59. The molecule has 3 saturated heterocycles. The van der Waals surface area contributed by atoms with E-state index in [4.69, 9.17) is 9.47 Å². The van der Waals surface area contributed by atoms with Gasteiger partial charge in [-0.2, -0.15) is 11.8 Å². The first-order chi connectivity index (χ1) is 29.7. The van der Waals surface area contributed by atoms with Gasteiger partial charge in [0.1, 0.15) is 0 Å². The lowest BCUT2D eigenvalue weighted by molar-refractivity contribution is -0.0801. The highest BCUT2D eigenvalue weighted by Gasteiger charge is 2.60. The number of fused-ring (bicyclic) bond motifs is 13. The summed E-state index contributed by atoms with van der Waals surface area (Å²) in [6.45, 7) is 0. The monoisotopic (exact) mass is 840 g/mol. The molecule has 13 fully saturated rings. The molecule has 0 aromatic rings. The van der Waals surface area contributed by atoms with Crippen LogP contribution in [0.15, 0.2) is 0 Å². The SMILES string of the molecule is C1CCC2C(C1)CCCC2C1CCC(N(C2CCC(C3CCCC4C5CCC6SC7CCCCC7C6C5OC34)CC2)C2CCC3C(C2)OC2CCC4CCCCC4C23)CC1. The molecule has 10 aliphatic carbocycles. The topological polar surface area (TPSA) is 21.7 Å². The van der Waals surface area contributed by atoms with Gasteiger partial charge in [-0.15, -0.1) is 0 Å². The van der Waals surface area contributed by atoms with Gasteiger partial charge >= 0.3 is 0 Å². The second kappa shape index (κ2) is 17.1. The Bertz CT molecular complexity index is 1470. The fourth-order valence-corrected chi connectivity index (χ4v) is 23.2. The fraction of sp³-hybridized carbons (Fsp3) is 1.00. The molecule has 3 aliphatic heterocycles. The van der Waals surface area contributed by atoms with Crippen LogP contribution in [0.4, 0.5) is 0 Å². The van der Waals surface area contributed by atoms with Crippen molar-refractivity contribution in [3.63, 3.8) is 0 Å². The Kier molecular flexibility index (Phi) is 11.6. The number of rotatable bonds is 5. The normalized spacial score (nSPS) is 56.2. The Balaban J connectivity index is 0.706. The van der Waals surface area contributed by atoms with E-state index in [-0.39, 0.29) is 0 Å². The highest BCUT2D eigenvalue weighted by molar-refractivity contribution is 8.00. The Hall–Kier alpha value is 0.230. The summed E-state index contributed by atoms with van der Waals surface area (Å²) in [4.78, 5) is 3.35. The van der Waals surface area contributed by atoms with E-state index in [9.17, 15) is 0 Å². The van der Waals surface area contributed by atoms with Gasteiger partial charge in [-0.25, -0.2) is 0 Å². The highest BCUT2D eigenvalue weighted by Crippen LogP contribution is 2.63. The summed E-state index contributed by atoms with van der Waals surface area (Å²) >= 11 is 2.45. The van der Waals surface area contributed by atoms with E-state index in [2.05, 4.69) is 16.7 Å². The molecule has 0 aromatic carbocycles. The van der Waals surface area contributed by atoms with Crippen LogP contribution in [-0.2, 0) is 9.47 Å². The Morgan fingerprint density at radius 3 is 1.63 bits per heavy atom. The third-order valence-corrected chi connectivity index (χ3v) is 25.2. The predicted octanol–water partition coefficient (Wildman–Crippen LogP) is 14.0. The van der Waals surface area contributed by atoms with Gasteiger partial charge in [-0.3, -0.25) is 4.90 Å². The maximum absolute atomic E-state index is 7.63. The van der Waals surface area contributed by atoms with E-state index in [0.717, 1.165) is 111 Å². The van der Waals surface area contributed by atoms with E-state index in [1.54, 1.807) is 44.9 Å². The molecular weight excluding hydrogens is 751 g/mol. The minimum absolute atomic E-state index is 0.573. The van der Waals surface area contributed by atoms with Crippen molar-refractivity contribution in [2.45, 2.75) is 265 Å². The standard InChI is InChI=1S/C56H89NO2S/c1-3-12-41-34(9-1)11-7-15-42(41)36-19-24-38(25-20-36)57(40-28-29-47-50(33-40)58-49-31-23-35-10-2-4-13-43(35)53(47)49)39-26-21-37(22-27-39)44-16-8-17-45-46-30-32-52-54(56(46)59-55(44)45)48-14-5-6-18-51(48)60-52/h34-56H,1-33H2. The Morgan fingerprint density at radius 1 is 0.300 bits per heavy atom. The number of ether oxygens (including phenoxy) is 2. The van der Waals surface area contributed by atoms with Crippen LogP contribution in [0.25, 0.3) is 0 Å². The van der Waals surface area contributed by atoms with Crippen molar-refractivity contribution in [1.29, 1.82) is 0 Å². The molecule has 4 heteroatoms. The molecule has 336 valence electrons. The molecule has 19 atom stereocenters. The lowest BCUT2D eigenvalue weighted by Crippen LogP contribution is -2.55. The zero-order valence-corrected chi connectivity index (χ0v) is 39.1. The molecule has 0 aromatic heterocycles. The van der Waals surface area contributed by atoms with Crippen molar-refractivity contribution in [3.8, 4) is 0 Å². The molecule has 0 radical (unpaired) electrons. The summed E-state index contributed by atoms with van der Waals surface area (Å²) in [6.07, 6.45) is 52.3. The van der Waals surface area contributed by atoms with Crippen LogP contribution < -0.4 is 0 Å². The van der Waals surface area contributed by atoms with Crippen molar-refractivity contribution in [2.24, 2.45) is 82.9 Å². The van der Waals surface area contributed by atoms with Crippen molar-refractivity contribution < 1.29 is 9.47 Å². The lowest BCUT2D eigenvalue weighted by Gasteiger charge is -2.52. The molecule has 0 bridgehead atoms. The average Bonchev–Trinajstić information content (AvgIpc) is 4.01. The molecule has 3 heterocycles. The van der Waals surface area contributed by atoms with E-state index in [1.165, 1.54) is 167 Å². The van der Waals surface area contributed by atoms with Gasteiger partial charge in [0, 0.05) is 34.5 Å². The summed E-state index contributed by atoms with van der Waals surface area (Å²) in [5.41, 5.74) is 0. The van der Waals surface area contributed by atoms with Crippen molar-refractivity contribution in [2.75, 3.05) is 0 Å². The first kappa shape index (κ1) is 40.5. The number of thioether (sulfide) groups is 1. The molecule has 19 unspecified atom stereocenters. The van der Waals surface area contributed by atoms with Gasteiger partial charge in [0.25, 0.3) is 0 Å². The minimum atomic E-state index is 0.573. The molecule has 3 nitrogen and oxygen atoms in total. The third kappa shape index (κ3) is 7.07. The predicted molar refractivity (Wildman–Crippen MR) is 247 cm³/mol. The fourth-order valence-electron chi connectivity index (χ4n) is 21.1. The van der Waals surface area contributed by atoms with Crippen LogP contribution in [0.1, 0.15) is 212 Å². The van der Waals surface area contributed by atoms with Crippen molar-refractivity contribution in [1.82, 2.24) is 4.90 Å². The average molecular weight is 840 g/mol. The van der Waals surface area contributed by atoms with Gasteiger partial charge in [0.2, 0.25) is 0 Å². The number of hydrogen-bond donors (Lipinski definition) is 0. The first-order valence-electron chi connectivity index (χ1n) is 28.5. The molecule has 10 saturated carbocycles. The summed E-state index contributed by atoms with van der Waals surface area (Å²) in [5, 5.41) is 1.90. The maximum atomic E-state index is 7.63. The number of hydrogen-bond acceptors (Lipinski definition) is 4. The van der Waals surface area contributed by atoms with Crippen LogP contribution in [0, 0.1) is 82.9 Å². The second-order valence-electron chi connectivity index (χ2n) is 25.4. The van der Waals surface area contributed by atoms with Crippen LogP contribution in [-0.4, -0.2) is 57.9 Å². The van der Waals surface area contributed by atoms with E-state index in [0.29, 0.717) is 24.4 Å². The van der Waals surface area contributed by atoms with Crippen LogP contribution >= 0.6 is 11.8 Å². The van der Waals surface area contributed by atoms with Crippen LogP contribution in [0.3, 0.4) is 0 Å². The van der Waals surface area contributed by atoms with E-state index < -0.39 is 0 Å². The zero-order valence-electron chi connectivity index (χ0n) is 38.3. The van der Waals surface area contributed by atoms with E-state index >= 15 is 0 Å². The van der Waals surface area contributed by atoms with Crippen LogP contribution in [0.2, 0.25) is 0 Å². The largest absolute Gasteiger partial charge is 0.374 e. The molecule has 0 spiro atoms. The van der Waals surface area contributed by atoms with Gasteiger partial charge in [0.05, 0.1) is 24.4 Å². The Morgan fingerprint density at radius 2 is 0.833 bits per heavy atom. The summed E-state index contributed by atoms with van der Waals surface area (Å²) in [5.74, 6) is 13.6. The summed E-state index contributed by atoms with van der Waals surface area (Å²) < 4.78 is 14.9. The van der Waals surface area contributed by atoms with Crippen LogP contribution in [0.5, 0.6) is 0 Å². The van der Waals surface area contributed by atoms with Crippen molar-refractivity contribution >= 4 is 11.8 Å². The van der Waals surface area contributed by atoms with E-state index in [1.807, 2.05) is 0 Å². The molecule has 0 amide bonds. The Labute approximate surface area is 372 Å². The quantitative estimate of drug-likeness (QED) is 0.275. The summed E-state index contributed by atoms with van der Waals surface area (Å²) in [6, 6.07) is 2.47. The minimum Gasteiger partial charge on any atom is -0.374 e. The van der Waals surface area contributed by atoms with Gasteiger partial charge in [-0.1, -0.05) is 70.6 Å². The van der Waals surface area contributed by atoms with Gasteiger partial charge in [-0.05, 0) is 218 Å². The molecule has 13 aliphatic rings. The molecule has 13 rings (SSSR count). The second-order valence-corrected chi connectivity index (χ2v) is 26.9. The number of nitrogens with zero attached hydrogens (tertiary/aromatic N) is 1. The smallest absolute Gasteiger partial charge is 0.0652 e. The third-order valence-electron chi connectivity index (χ3n) is 23.4. The zero-order chi connectivity index (χ0) is 39.3. The first-order valence-corrected chi connectivity index (χ1v) is 29.4. The molecule has 0 N–H and O–H groups in total. The van der Waals surface area contributed by atoms with Gasteiger partial charge in [0.15, 0.2) is 0 Å².